The lowest BCUT2D eigenvalue weighted by molar-refractivity contribution is 0.414. The minimum Gasteiger partial charge on any atom is -0.497 e. The topological polar surface area (TPSA) is 38.0 Å². The molecule has 26 heavy (non-hydrogen) atoms. The number of nitriles is 1. The van der Waals surface area contributed by atoms with E-state index in [1.165, 1.54) is 6.07 Å². The molecule has 1 aromatic heterocycles. The number of benzene rings is 2. The van der Waals surface area contributed by atoms with Gasteiger partial charge in [0.15, 0.2) is 0 Å². The molecule has 0 amide bonds. The summed E-state index contributed by atoms with van der Waals surface area (Å²) in [6.07, 6.45) is 1.73. The van der Waals surface area contributed by atoms with Crippen LogP contribution in [0.15, 0.2) is 54.6 Å². The highest BCUT2D eigenvalue weighted by Crippen LogP contribution is 2.27. The molecular formula is C22H19FN2O. The van der Waals surface area contributed by atoms with Gasteiger partial charge in [0.1, 0.15) is 11.6 Å². The predicted octanol–water partition coefficient (Wildman–Crippen LogP) is 5.31. The van der Waals surface area contributed by atoms with Crippen molar-refractivity contribution in [3.63, 3.8) is 0 Å². The minimum atomic E-state index is -0.401. The monoisotopic (exact) mass is 346 g/mol. The van der Waals surface area contributed by atoms with Crippen LogP contribution in [0.25, 0.3) is 17.3 Å². The summed E-state index contributed by atoms with van der Waals surface area (Å²) in [5.41, 5.74) is 4.45. The fourth-order valence-electron chi connectivity index (χ4n) is 3.09. The fourth-order valence-corrected chi connectivity index (χ4v) is 3.09. The quantitative estimate of drug-likeness (QED) is 0.601. The summed E-state index contributed by atoms with van der Waals surface area (Å²) in [5.74, 6) is 0.373. The van der Waals surface area contributed by atoms with E-state index in [0.29, 0.717) is 11.1 Å². The molecule has 0 saturated heterocycles. The van der Waals surface area contributed by atoms with E-state index in [9.17, 15) is 9.65 Å². The van der Waals surface area contributed by atoms with Crippen LogP contribution in [0.4, 0.5) is 4.39 Å². The summed E-state index contributed by atoms with van der Waals surface area (Å²) < 4.78 is 21.4. The van der Waals surface area contributed by atoms with Crippen LogP contribution in [-0.4, -0.2) is 11.7 Å². The first kappa shape index (κ1) is 17.5. The highest BCUT2D eigenvalue weighted by Gasteiger charge is 2.13. The molecule has 1 heterocycles. The van der Waals surface area contributed by atoms with Gasteiger partial charge in [-0.25, -0.2) is 4.39 Å². The lowest BCUT2D eigenvalue weighted by Gasteiger charge is -2.11. The van der Waals surface area contributed by atoms with Gasteiger partial charge in [-0.2, -0.15) is 5.26 Å². The standard InChI is InChI=1S/C22H19FN2O/c1-15-11-17(12-18(14-24)21-9-4-5-10-22(21)23)16(2)25(15)19-7-6-8-20(13-19)26-3/h4-13H,1-3H3/b18-12+. The molecule has 3 rings (SSSR count). The van der Waals surface area contributed by atoms with Gasteiger partial charge in [0.25, 0.3) is 0 Å². The second-order valence-corrected chi connectivity index (χ2v) is 6.01. The van der Waals surface area contributed by atoms with Gasteiger partial charge in [0.2, 0.25) is 0 Å². The number of allylic oxidation sites excluding steroid dienone is 1. The van der Waals surface area contributed by atoms with Crippen LogP contribution >= 0.6 is 0 Å². The largest absolute Gasteiger partial charge is 0.497 e. The van der Waals surface area contributed by atoms with Gasteiger partial charge in [-0.3, -0.25) is 0 Å². The Balaban J connectivity index is 2.10. The molecule has 0 spiro atoms. The first-order valence-corrected chi connectivity index (χ1v) is 8.25. The van der Waals surface area contributed by atoms with E-state index in [2.05, 4.69) is 10.6 Å². The number of hydrogen-bond acceptors (Lipinski definition) is 2. The van der Waals surface area contributed by atoms with E-state index >= 15 is 0 Å². The Hall–Kier alpha value is -3.32. The lowest BCUT2D eigenvalue weighted by atomic mass is 10.0. The first-order chi connectivity index (χ1) is 12.5. The molecule has 0 radical (unpaired) electrons. The van der Waals surface area contributed by atoms with Crippen molar-refractivity contribution in [2.75, 3.05) is 7.11 Å². The van der Waals surface area contributed by atoms with E-state index < -0.39 is 5.82 Å². The fraction of sp³-hybridized carbons (Fsp3) is 0.136. The second kappa shape index (κ2) is 7.28. The smallest absolute Gasteiger partial charge is 0.131 e. The number of nitrogens with zero attached hydrogens (tertiary/aromatic N) is 2. The molecule has 3 nitrogen and oxygen atoms in total. The molecule has 130 valence electrons. The molecule has 0 fully saturated rings. The maximum Gasteiger partial charge on any atom is 0.131 e. The Morgan fingerprint density at radius 2 is 1.88 bits per heavy atom. The summed E-state index contributed by atoms with van der Waals surface area (Å²) in [5, 5.41) is 9.51. The van der Waals surface area contributed by atoms with E-state index in [0.717, 1.165) is 28.4 Å². The average molecular weight is 346 g/mol. The summed E-state index contributed by atoms with van der Waals surface area (Å²) in [6.45, 7) is 3.98. The minimum absolute atomic E-state index is 0.300. The van der Waals surface area contributed by atoms with Gasteiger partial charge in [-0.15, -0.1) is 0 Å². The number of ether oxygens (including phenoxy) is 1. The number of rotatable bonds is 4. The van der Waals surface area contributed by atoms with Crippen LogP contribution in [0.1, 0.15) is 22.5 Å². The van der Waals surface area contributed by atoms with E-state index in [1.54, 1.807) is 31.4 Å². The molecule has 0 aliphatic rings. The van der Waals surface area contributed by atoms with Gasteiger partial charge in [0.05, 0.1) is 18.8 Å². The third-order valence-corrected chi connectivity index (χ3v) is 4.37. The Morgan fingerprint density at radius 3 is 2.58 bits per heavy atom. The maximum atomic E-state index is 14.1. The molecule has 0 N–H and O–H groups in total. The molecule has 3 aromatic rings. The van der Waals surface area contributed by atoms with Crippen molar-refractivity contribution in [2.24, 2.45) is 0 Å². The van der Waals surface area contributed by atoms with Crippen molar-refractivity contribution in [1.82, 2.24) is 4.57 Å². The zero-order valence-electron chi connectivity index (χ0n) is 15.0. The predicted molar refractivity (Wildman–Crippen MR) is 102 cm³/mol. The number of methoxy groups -OCH3 is 1. The Labute approximate surface area is 152 Å². The van der Waals surface area contributed by atoms with Gasteiger partial charge in [0, 0.05) is 28.7 Å². The summed E-state index contributed by atoms with van der Waals surface area (Å²) in [4.78, 5) is 0. The van der Waals surface area contributed by atoms with Crippen molar-refractivity contribution in [2.45, 2.75) is 13.8 Å². The van der Waals surface area contributed by atoms with Crippen molar-refractivity contribution < 1.29 is 9.13 Å². The molecule has 0 aliphatic heterocycles. The zero-order chi connectivity index (χ0) is 18.7. The van der Waals surface area contributed by atoms with Crippen LogP contribution in [0.5, 0.6) is 5.75 Å². The zero-order valence-corrected chi connectivity index (χ0v) is 15.0. The summed E-state index contributed by atoms with van der Waals surface area (Å²) in [7, 11) is 1.64. The van der Waals surface area contributed by atoms with Crippen LogP contribution in [-0.2, 0) is 0 Å². The molecule has 2 aromatic carbocycles. The van der Waals surface area contributed by atoms with E-state index in [4.69, 9.17) is 4.74 Å². The van der Waals surface area contributed by atoms with Crippen LogP contribution in [0, 0.1) is 31.0 Å². The maximum absolute atomic E-state index is 14.1. The number of aryl methyl sites for hydroxylation is 1. The first-order valence-electron chi connectivity index (χ1n) is 8.25. The Bertz CT molecular complexity index is 1020. The van der Waals surface area contributed by atoms with Crippen molar-refractivity contribution >= 4 is 11.6 Å². The summed E-state index contributed by atoms with van der Waals surface area (Å²) >= 11 is 0. The normalized spacial score (nSPS) is 11.3. The molecule has 0 aliphatic carbocycles. The van der Waals surface area contributed by atoms with Gasteiger partial charge < -0.3 is 9.30 Å². The van der Waals surface area contributed by atoms with E-state index in [-0.39, 0.29) is 0 Å². The van der Waals surface area contributed by atoms with Crippen molar-refractivity contribution in [3.05, 3.63) is 82.9 Å². The lowest BCUT2D eigenvalue weighted by Crippen LogP contribution is -1.99. The Morgan fingerprint density at radius 1 is 1.12 bits per heavy atom. The third-order valence-electron chi connectivity index (χ3n) is 4.37. The molecular weight excluding hydrogens is 327 g/mol. The van der Waals surface area contributed by atoms with Gasteiger partial charge in [-0.1, -0.05) is 24.3 Å². The molecule has 0 saturated carbocycles. The van der Waals surface area contributed by atoms with Gasteiger partial charge in [-0.05, 0) is 49.8 Å². The Kier molecular flexibility index (Phi) is 4.90. The highest BCUT2D eigenvalue weighted by atomic mass is 19.1. The highest BCUT2D eigenvalue weighted by molar-refractivity contribution is 5.90. The van der Waals surface area contributed by atoms with Crippen molar-refractivity contribution in [3.8, 4) is 17.5 Å². The van der Waals surface area contributed by atoms with Crippen molar-refractivity contribution in [1.29, 1.82) is 5.26 Å². The number of halogens is 1. The second-order valence-electron chi connectivity index (χ2n) is 6.01. The third kappa shape index (κ3) is 3.25. The number of hydrogen-bond donors (Lipinski definition) is 0. The molecule has 0 bridgehead atoms. The van der Waals surface area contributed by atoms with E-state index in [1.807, 2.05) is 44.2 Å². The van der Waals surface area contributed by atoms with Crippen LogP contribution < -0.4 is 4.74 Å². The SMILES string of the molecule is COc1cccc(-n2c(C)cc(/C=C(\C#N)c3ccccc3F)c2C)c1. The molecule has 0 atom stereocenters. The van der Waals surface area contributed by atoms with Crippen LogP contribution in [0.3, 0.4) is 0 Å². The van der Waals surface area contributed by atoms with Crippen LogP contribution in [0.2, 0.25) is 0 Å². The van der Waals surface area contributed by atoms with Gasteiger partial charge >= 0.3 is 0 Å². The number of aromatic nitrogens is 1. The summed E-state index contributed by atoms with van der Waals surface area (Å²) in [6, 6.07) is 18.2. The molecule has 0 unspecified atom stereocenters. The molecule has 4 heteroatoms. The average Bonchev–Trinajstić information content (AvgIpc) is 2.93.